The van der Waals surface area contributed by atoms with Crippen LogP contribution in [0.5, 0.6) is 0 Å². The molecule has 0 fully saturated rings. The molecule has 0 saturated heterocycles. The minimum absolute atomic E-state index is 0.0819. The lowest BCUT2D eigenvalue weighted by Crippen LogP contribution is -2.14. The summed E-state index contributed by atoms with van der Waals surface area (Å²) in [4.78, 5) is 15.4. The molecule has 15 heavy (non-hydrogen) atoms. The van der Waals surface area contributed by atoms with Gasteiger partial charge in [-0.25, -0.2) is 0 Å². The zero-order valence-corrected chi connectivity index (χ0v) is 9.03. The van der Waals surface area contributed by atoms with Gasteiger partial charge in [-0.05, 0) is 32.4 Å². The highest BCUT2D eigenvalue weighted by Gasteiger charge is 2.04. The Bertz CT molecular complexity index is 337. The third kappa shape index (κ3) is 4.56. The summed E-state index contributed by atoms with van der Waals surface area (Å²) in [6, 6.07) is 3.55. The number of pyridine rings is 1. The molecule has 82 valence electrons. The highest BCUT2D eigenvalue weighted by Crippen LogP contribution is 2.08. The standard InChI is InChI=1S/C11H16N2O2/c1-8-7-10(5-6-12-8)13-11(15)4-3-9(2)14/h5-7,9,14H,3-4H2,1-2H3,(H,12,13,15). The zero-order valence-electron chi connectivity index (χ0n) is 9.03. The number of nitrogens with one attached hydrogen (secondary N) is 1. The van der Waals surface area contributed by atoms with Crippen molar-refractivity contribution in [3.8, 4) is 0 Å². The van der Waals surface area contributed by atoms with E-state index in [9.17, 15) is 4.79 Å². The van der Waals surface area contributed by atoms with Crippen molar-refractivity contribution in [3.05, 3.63) is 24.0 Å². The summed E-state index contributed by atoms with van der Waals surface area (Å²) in [5.74, 6) is -0.0819. The molecular formula is C11H16N2O2. The molecule has 0 aliphatic rings. The molecule has 0 saturated carbocycles. The molecule has 2 N–H and O–H groups in total. The van der Waals surface area contributed by atoms with Crippen molar-refractivity contribution in [1.29, 1.82) is 0 Å². The normalized spacial score (nSPS) is 12.2. The number of hydrogen-bond acceptors (Lipinski definition) is 3. The Kier molecular flexibility index (Phi) is 4.24. The fourth-order valence-electron chi connectivity index (χ4n) is 1.19. The van der Waals surface area contributed by atoms with Crippen molar-refractivity contribution in [2.45, 2.75) is 32.8 Å². The van der Waals surface area contributed by atoms with Crippen molar-refractivity contribution in [2.24, 2.45) is 0 Å². The fourth-order valence-corrected chi connectivity index (χ4v) is 1.19. The highest BCUT2D eigenvalue weighted by molar-refractivity contribution is 5.90. The van der Waals surface area contributed by atoms with Crippen LogP contribution in [-0.4, -0.2) is 22.1 Å². The van der Waals surface area contributed by atoms with Crippen molar-refractivity contribution in [1.82, 2.24) is 4.98 Å². The van der Waals surface area contributed by atoms with Gasteiger partial charge in [0.15, 0.2) is 0 Å². The van der Waals surface area contributed by atoms with E-state index in [2.05, 4.69) is 10.3 Å². The number of nitrogens with zero attached hydrogens (tertiary/aromatic N) is 1. The van der Waals surface area contributed by atoms with Crippen LogP contribution in [0.1, 0.15) is 25.5 Å². The second kappa shape index (κ2) is 5.46. The van der Waals surface area contributed by atoms with Gasteiger partial charge in [0.1, 0.15) is 0 Å². The Morgan fingerprint density at radius 2 is 2.40 bits per heavy atom. The maximum Gasteiger partial charge on any atom is 0.224 e. The van der Waals surface area contributed by atoms with Crippen LogP contribution >= 0.6 is 0 Å². The molecule has 0 spiro atoms. The van der Waals surface area contributed by atoms with Crippen LogP contribution in [-0.2, 0) is 4.79 Å². The van der Waals surface area contributed by atoms with Crippen LogP contribution in [0.4, 0.5) is 5.69 Å². The summed E-state index contributed by atoms with van der Waals surface area (Å²) >= 11 is 0. The molecule has 1 atom stereocenters. The van der Waals surface area contributed by atoms with E-state index in [0.29, 0.717) is 12.8 Å². The van der Waals surface area contributed by atoms with E-state index in [1.807, 2.05) is 6.92 Å². The van der Waals surface area contributed by atoms with Gasteiger partial charge in [-0.3, -0.25) is 9.78 Å². The molecule has 1 heterocycles. The fraction of sp³-hybridized carbons (Fsp3) is 0.455. The zero-order chi connectivity index (χ0) is 11.3. The molecule has 0 aliphatic carbocycles. The Morgan fingerprint density at radius 1 is 1.67 bits per heavy atom. The van der Waals surface area contributed by atoms with Gasteiger partial charge in [0, 0.05) is 24.0 Å². The number of aromatic nitrogens is 1. The van der Waals surface area contributed by atoms with Crippen molar-refractivity contribution in [3.63, 3.8) is 0 Å². The van der Waals surface area contributed by atoms with Gasteiger partial charge >= 0.3 is 0 Å². The van der Waals surface area contributed by atoms with Gasteiger partial charge in [-0.1, -0.05) is 0 Å². The molecule has 0 aromatic carbocycles. The predicted molar refractivity (Wildman–Crippen MR) is 58.5 cm³/mol. The lowest BCUT2D eigenvalue weighted by atomic mass is 10.2. The molecule has 1 aromatic rings. The summed E-state index contributed by atoms with van der Waals surface area (Å²) in [5, 5.41) is 11.8. The molecule has 1 unspecified atom stereocenters. The number of hydrogen-bond donors (Lipinski definition) is 2. The van der Waals surface area contributed by atoms with Crippen LogP contribution in [0.15, 0.2) is 18.3 Å². The molecule has 4 nitrogen and oxygen atoms in total. The van der Waals surface area contributed by atoms with E-state index < -0.39 is 6.10 Å². The molecule has 1 aromatic heterocycles. The molecule has 1 amide bonds. The topological polar surface area (TPSA) is 62.2 Å². The molecule has 4 heteroatoms. The SMILES string of the molecule is Cc1cc(NC(=O)CCC(C)O)ccn1. The summed E-state index contributed by atoms with van der Waals surface area (Å²) < 4.78 is 0. The lowest BCUT2D eigenvalue weighted by Gasteiger charge is -2.06. The van der Waals surface area contributed by atoms with Gasteiger partial charge in [0.25, 0.3) is 0 Å². The number of aliphatic hydroxyl groups is 1. The molecule has 0 radical (unpaired) electrons. The smallest absolute Gasteiger partial charge is 0.224 e. The lowest BCUT2D eigenvalue weighted by molar-refractivity contribution is -0.116. The number of carbonyl (C=O) groups excluding carboxylic acids is 1. The Hall–Kier alpha value is -1.42. The van der Waals surface area contributed by atoms with Crippen molar-refractivity contribution >= 4 is 11.6 Å². The van der Waals surface area contributed by atoms with E-state index in [1.54, 1.807) is 25.3 Å². The third-order valence-corrected chi connectivity index (χ3v) is 1.97. The Balaban J connectivity index is 2.44. The van der Waals surface area contributed by atoms with Crippen LogP contribution in [0.3, 0.4) is 0 Å². The van der Waals surface area contributed by atoms with E-state index in [1.165, 1.54) is 0 Å². The summed E-state index contributed by atoms with van der Waals surface area (Å²) in [6.07, 6.45) is 2.03. The van der Waals surface area contributed by atoms with E-state index in [4.69, 9.17) is 5.11 Å². The number of anilines is 1. The van der Waals surface area contributed by atoms with Crippen LogP contribution in [0.25, 0.3) is 0 Å². The maximum absolute atomic E-state index is 11.4. The van der Waals surface area contributed by atoms with E-state index in [-0.39, 0.29) is 5.91 Å². The quantitative estimate of drug-likeness (QED) is 0.788. The van der Waals surface area contributed by atoms with Gasteiger partial charge < -0.3 is 10.4 Å². The molecular weight excluding hydrogens is 192 g/mol. The first-order chi connectivity index (χ1) is 7.08. The summed E-state index contributed by atoms with van der Waals surface area (Å²) in [5.41, 5.74) is 1.61. The van der Waals surface area contributed by atoms with Crippen molar-refractivity contribution in [2.75, 3.05) is 5.32 Å². The second-order valence-electron chi connectivity index (χ2n) is 3.62. The predicted octanol–water partition coefficient (Wildman–Crippen LogP) is 1.49. The van der Waals surface area contributed by atoms with Gasteiger partial charge in [-0.2, -0.15) is 0 Å². The third-order valence-electron chi connectivity index (χ3n) is 1.97. The second-order valence-corrected chi connectivity index (χ2v) is 3.62. The first kappa shape index (κ1) is 11.7. The minimum Gasteiger partial charge on any atom is -0.393 e. The number of aryl methyl sites for hydroxylation is 1. The Labute approximate surface area is 89.3 Å². The van der Waals surface area contributed by atoms with E-state index >= 15 is 0 Å². The highest BCUT2D eigenvalue weighted by atomic mass is 16.3. The van der Waals surface area contributed by atoms with Gasteiger partial charge in [0.05, 0.1) is 6.10 Å². The van der Waals surface area contributed by atoms with Crippen LogP contribution < -0.4 is 5.32 Å². The first-order valence-electron chi connectivity index (χ1n) is 4.98. The van der Waals surface area contributed by atoms with Crippen molar-refractivity contribution < 1.29 is 9.90 Å². The number of carbonyl (C=O) groups is 1. The maximum atomic E-state index is 11.4. The van der Waals surface area contributed by atoms with E-state index in [0.717, 1.165) is 11.4 Å². The van der Waals surface area contributed by atoms with Gasteiger partial charge in [0.2, 0.25) is 5.91 Å². The summed E-state index contributed by atoms with van der Waals surface area (Å²) in [7, 11) is 0. The first-order valence-corrected chi connectivity index (χ1v) is 4.98. The monoisotopic (exact) mass is 208 g/mol. The van der Waals surface area contributed by atoms with Crippen LogP contribution in [0, 0.1) is 6.92 Å². The van der Waals surface area contributed by atoms with Crippen LogP contribution in [0.2, 0.25) is 0 Å². The minimum atomic E-state index is -0.435. The van der Waals surface area contributed by atoms with Gasteiger partial charge in [-0.15, -0.1) is 0 Å². The number of rotatable bonds is 4. The molecule has 1 rings (SSSR count). The largest absolute Gasteiger partial charge is 0.393 e. The Morgan fingerprint density at radius 3 is 3.00 bits per heavy atom. The average Bonchev–Trinajstić information content (AvgIpc) is 2.15. The molecule has 0 bridgehead atoms. The molecule has 0 aliphatic heterocycles. The average molecular weight is 208 g/mol. The number of aliphatic hydroxyl groups excluding tert-OH is 1. The summed E-state index contributed by atoms with van der Waals surface area (Å²) in [6.45, 7) is 3.54. The number of amides is 1.